The number of hydrazine groups is 1. The number of nitrogens with two attached hydrogens (primary N) is 1. The second-order valence-electron chi connectivity index (χ2n) is 8.11. The van der Waals surface area contributed by atoms with E-state index in [2.05, 4.69) is 5.32 Å². The van der Waals surface area contributed by atoms with Gasteiger partial charge in [0, 0.05) is 41.6 Å². The van der Waals surface area contributed by atoms with Crippen molar-refractivity contribution in [3.05, 3.63) is 47.5 Å². The van der Waals surface area contributed by atoms with E-state index in [0.29, 0.717) is 5.01 Å². The number of benzene rings is 2. The lowest BCUT2D eigenvalue weighted by atomic mass is 9.94. The fraction of sp³-hybridized carbons (Fsp3) is 0.182. The molecule has 14 nitrogen and oxygen atoms in total. The van der Waals surface area contributed by atoms with Gasteiger partial charge >= 0.3 is 6.03 Å². The normalized spacial score (nSPS) is 15.1. The van der Waals surface area contributed by atoms with Gasteiger partial charge < -0.3 is 11.1 Å². The Morgan fingerprint density at radius 2 is 1.62 bits per heavy atom. The van der Waals surface area contributed by atoms with Gasteiger partial charge in [-0.1, -0.05) is 0 Å². The Labute approximate surface area is 208 Å². The van der Waals surface area contributed by atoms with Crippen LogP contribution in [0.5, 0.6) is 0 Å². The molecule has 0 aromatic heterocycles. The van der Waals surface area contributed by atoms with Crippen molar-refractivity contribution in [3.8, 4) is 0 Å². The molecule has 4 rings (SSSR count). The van der Waals surface area contributed by atoms with Crippen LogP contribution in [0.15, 0.2) is 41.3 Å². The summed E-state index contributed by atoms with van der Waals surface area (Å²) < 4.78 is 32.8. The third kappa shape index (κ3) is 4.89. The van der Waals surface area contributed by atoms with Gasteiger partial charge in [-0.3, -0.25) is 33.4 Å². The van der Waals surface area contributed by atoms with Crippen molar-refractivity contribution in [1.82, 2.24) is 20.7 Å². The van der Waals surface area contributed by atoms with Crippen molar-refractivity contribution in [2.75, 3.05) is 18.8 Å². The zero-order valence-corrected chi connectivity index (χ0v) is 19.7. The first-order valence-electron chi connectivity index (χ1n) is 10.7. The van der Waals surface area contributed by atoms with Crippen LogP contribution in [0.3, 0.4) is 0 Å². The van der Waals surface area contributed by atoms with Gasteiger partial charge in [-0.15, -0.1) is 0 Å². The van der Waals surface area contributed by atoms with Crippen LogP contribution in [-0.2, 0) is 24.5 Å². The number of Topliss-reactive ketones (excluding diaryl/α,β-unsaturated/α-hetero) is 1. The van der Waals surface area contributed by atoms with Crippen molar-refractivity contribution in [2.45, 2.75) is 17.7 Å². The SMILES string of the molecule is Nc1ccc2c3c(cc(S(=O)(=O)O)cc13)C(=O)N(NC(=O)NCC(=O)CCCN1C(=O)C=CC1=O)C2=O. The number of nitrogen functional groups attached to an aromatic ring is 1. The fourth-order valence-corrected chi connectivity index (χ4v) is 4.44. The minimum atomic E-state index is -4.74. The number of imide groups is 2. The molecule has 0 atom stereocenters. The summed E-state index contributed by atoms with van der Waals surface area (Å²) in [5, 5.41) is 2.65. The van der Waals surface area contributed by atoms with Gasteiger partial charge in [0.05, 0.1) is 22.6 Å². The van der Waals surface area contributed by atoms with Gasteiger partial charge in [-0.05, 0) is 30.7 Å². The molecule has 2 aromatic carbocycles. The van der Waals surface area contributed by atoms with E-state index in [4.69, 9.17) is 5.73 Å². The number of carbonyl (C=O) groups is 6. The molecule has 2 aliphatic rings. The fourth-order valence-electron chi connectivity index (χ4n) is 3.90. The number of carbonyl (C=O) groups excluding carboxylic acids is 6. The van der Waals surface area contributed by atoms with Crippen molar-refractivity contribution >= 4 is 62.0 Å². The van der Waals surface area contributed by atoms with E-state index in [1.165, 1.54) is 12.1 Å². The topological polar surface area (TPSA) is 213 Å². The van der Waals surface area contributed by atoms with Crippen LogP contribution in [0.4, 0.5) is 10.5 Å². The zero-order chi connectivity index (χ0) is 27.1. The van der Waals surface area contributed by atoms with Gasteiger partial charge in [0.1, 0.15) is 0 Å². The van der Waals surface area contributed by atoms with Crippen molar-refractivity contribution in [1.29, 1.82) is 0 Å². The number of urea groups is 1. The number of hydrogen-bond donors (Lipinski definition) is 4. The number of anilines is 1. The monoisotopic (exact) mass is 529 g/mol. The Balaban J connectivity index is 1.42. The number of nitrogens with one attached hydrogen (secondary N) is 2. The maximum Gasteiger partial charge on any atom is 0.334 e. The molecule has 2 aromatic rings. The minimum absolute atomic E-state index is 0.0282. The van der Waals surface area contributed by atoms with Crippen LogP contribution < -0.4 is 16.5 Å². The first kappa shape index (κ1) is 25.5. The van der Waals surface area contributed by atoms with Gasteiger partial charge in [0.15, 0.2) is 5.78 Å². The first-order chi connectivity index (χ1) is 17.4. The Hall–Kier alpha value is -4.63. The van der Waals surface area contributed by atoms with E-state index in [-0.39, 0.29) is 47.0 Å². The zero-order valence-electron chi connectivity index (χ0n) is 18.9. The lowest BCUT2D eigenvalue weighted by molar-refractivity contribution is -0.137. The van der Waals surface area contributed by atoms with Crippen LogP contribution in [-0.4, -0.2) is 71.4 Å². The summed E-state index contributed by atoms with van der Waals surface area (Å²) in [6.07, 6.45) is 2.35. The third-order valence-electron chi connectivity index (χ3n) is 5.68. The molecular weight excluding hydrogens is 510 g/mol. The first-order valence-corrected chi connectivity index (χ1v) is 12.1. The maximum atomic E-state index is 13.0. The molecule has 2 heterocycles. The highest BCUT2D eigenvalue weighted by atomic mass is 32.2. The highest BCUT2D eigenvalue weighted by molar-refractivity contribution is 7.85. The summed E-state index contributed by atoms with van der Waals surface area (Å²) in [7, 11) is -4.74. The van der Waals surface area contributed by atoms with E-state index in [9.17, 15) is 41.7 Å². The highest BCUT2D eigenvalue weighted by Gasteiger charge is 2.36. The third-order valence-corrected chi connectivity index (χ3v) is 6.52. The molecule has 0 unspecified atom stereocenters. The summed E-state index contributed by atoms with van der Waals surface area (Å²) in [5.74, 6) is -3.42. The predicted octanol–water partition coefficient (Wildman–Crippen LogP) is -0.247. The van der Waals surface area contributed by atoms with Gasteiger partial charge in [-0.2, -0.15) is 13.4 Å². The molecule has 0 spiro atoms. The Morgan fingerprint density at radius 1 is 0.973 bits per heavy atom. The van der Waals surface area contributed by atoms with Crippen LogP contribution >= 0.6 is 0 Å². The summed E-state index contributed by atoms with van der Waals surface area (Å²) in [4.78, 5) is 73.7. The molecule has 0 saturated carbocycles. The summed E-state index contributed by atoms with van der Waals surface area (Å²) in [6.45, 7) is -0.446. The second kappa shape index (κ2) is 9.44. The lowest BCUT2D eigenvalue weighted by Crippen LogP contribution is -2.55. The number of rotatable bonds is 8. The minimum Gasteiger partial charge on any atom is -0.398 e. The van der Waals surface area contributed by atoms with E-state index in [1.807, 2.05) is 5.43 Å². The second-order valence-corrected chi connectivity index (χ2v) is 9.54. The Kier molecular flexibility index (Phi) is 6.49. The molecule has 0 aliphatic carbocycles. The standard InChI is InChI=1S/C22H19N5O9S/c23-16-4-3-13-19-14(16)8-12(37(34,35)36)9-15(19)21(32)27(20(13)31)25-22(33)24-10-11(28)2-1-7-26-17(29)5-6-18(26)30/h3-6,8-9H,1-2,7,10,23H2,(H2,24,25,33)(H,34,35,36). The van der Waals surface area contributed by atoms with Crippen LogP contribution in [0.1, 0.15) is 33.6 Å². The molecule has 192 valence electrons. The van der Waals surface area contributed by atoms with Crippen LogP contribution in [0.2, 0.25) is 0 Å². The summed E-state index contributed by atoms with van der Waals surface area (Å²) in [5.41, 5.74) is 7.60. The molecule has 37 heavy (non-hydrogen) atoms. The molecule has 2 aliphatic heterocycles. The molecule has 5 N–H and O–H groups in total. The highest BCUT2D eigenvalue weighted by Crippen LogP contribution is 2.35. The van der Waals surface area contributed by atoms with E-state index in [0.717, 1.165) is 29.2 Å². The molecule has 0 radical (unpaired) electrons. The smallest absolute Gasteiger partial charge is 0.334 e. The van der Waals surface area contributed by atoms with E-state index < -0.39 is 57.0 Å². The number of ketones is 1. The lowest BCUT2D eigenvalue weighted by Gasteiger charge is -2.27. The Morgan fingerprint density at radius 3 is 2.27 bits per heavy atom. The molecular formula is C22H19N5O9S. The van der Waals surface area contributed by atoms with E-state index >= 15 is 0 Å². The average molecular weight is 529 g/mol. The molecule has 6 amide bonds. The Bertz CT molecular complexity index is 1530. The van der Waals surface area contributed by atoms with Crippen LogP contribution in [0.25, 0.3) is 10.8 Å². The summed E-state index contributed by atoms with van der Waals surface area (Å²) >= 11 is 0. The molecule has 0 fully saturated rings. The number of nitrogens with zero attached hydrogens (tertiary/aromatic N) is 2. The van der Waals surface area contributed by atoms with Crippen LogP contribution in [0, 0.1) is 0 Å². The molecule has 15 heteroatoms. The number of amides is 6. The van der Waals surface area contributed by atoms with Crippen molar-refractivity contribution in [3.63, 3.8) is 0 Å². The van der Waals surface area contributed by atoms with Gasteiger partial charge in [0.25, 0.3) is 33.7 Å². The quantitative estimate of drug-likeness (QED) is 0.200. The predicted molar refractivity (Wildman–Crippen MR) is 125 cm³/mol. The maximum absolute atomic E-state index is 13.0. The molecule has 0 saturated heterocycles. The van der Waals surface area contributed by atoms with E-state index in [1.54, 1.807) is 0 Å². The number of hydrogen-bond acceptors (Lipinski definition) is 9. The van der Waals surface area contributed by atoms with Crippen molar-refractivity contribution in [2.24, 2.45) is 0 Å². The van der Waals surface area contributed by atoms with Gasteiger partial charge in [-0.25, -0.2) is 10.2 Å². The van der Waals surface area contributed by atoms with Gasteiger partial charge in [0.2, 0.25) is 0 Å². The summed E-state index contributed by atoms with van der Waals surface area (Å²) in [6, 6.07) is 3.41. The average Bonchev–Trinajstić information content (AvgIpc) is 3.16. The largest absolute Gasteiger partial charge is 0.398 e. The molecule has 0 bridgehead atoms. The van der Waals surface area contributed by atoms with Crippen molar-refractivity contribution < 1.29 is 41.7 Å².